The standard InChI is InChI=1S/C24H33N5O7/c30-20-4-3-18(19-2-1-5-25-24(19)20)14-26-6-8-27(15-21(31)32)10-12-29(17-23(35)36)13-11-28(9-7-26)16-22(33)34/h1-5,30H,6-17H2,(H,31,32)(H,33,34)(H,35,36). The summed E-state index contributed by atoms with van der Waals surface area (Å²) in [5, 5.41) is 39.0. The van der Waals surface area contributed by atoms with Gasteiger partial charge in [0.05, 0.1) is 19.6 Å². The Morgan fingerprint density at radius 1 is 0.694 bits per heavy atom. The second kappa shape index (κ2) is 13.1. The lowest BCUT2D eigenvalue weighted by atomic mass is 10.1. The molecular weight excluding hydrogens is 470 g/mol. The molecule has 12 heteroatoms. The molecule has 0 bridgehead atoms. The van der Waals surface area contributed by atoms with Gasteiger partial charge in [0.1, 0.15) is 11.3 Å². The van der Waals surface area contributed by atoms with Crippen LogP contribution in [0.1, 0.15) is 5.56 Å². The number of hydrogen-bond donors (Lipinski definition) is 4. The Hall–Kier alpha value is -3.32. The highest BCUT2D eigenvalue weighted by atomic mass is 16.4. The van der Waals surface area contributed by atoms with Gasteiger partial charge in [-0.1, -0.05) is 12.1 Å². The van der Waals surface area contributed by atoms with Crippen molar-refractivity contribution in [3.63, 3.8) is 0 Å². The van der Waals surface area contributed by atoms with E-state index >= 15 is 0 Å². The summed E-state index contributed by atoms with van der Waals surface area (Å²) in [5.41, 5.74) is 1.45. The van der Waals surface area contributed by atoms with Crippen molar-refractivity contribution in [3.05, 3.63) is 36.0 Å². The van der Waals surface area contributed by atoms with E-state index < -0.39 is 17.9 Å². The summed E-state index contributed by atoms with van der Waals surface area (Å²) < 4.78 is 0. The van der Waals surface area contributed by atoms with E-state index in [9.17, 15) is 34.8 Å². The van der Waals surface area contributed by atoms with Crippen molar-refractivity contribution in [2.75, 3.05) is 72.0 Å². The van der Waals surface area contributed by atoms with Crippen LogP contribution in [0.4, 0.5) is 0 Å². The number of carboxylic acid groups (broad SMARTS) is 3. The maximum absolute atomic E-state index is 11.4. The molecule has 2 heterocycles. The van der Waals surface area contributed by atoms with Crippen LogP contribution in [-0.4, -0.2) is 135 Å². The van der Waals surface area contributed by atoms with Gasteiger partial charge in [-0.05, 0) is 17.7 Å². The average molecular weight is 504 g/mol. The summed E-state index contributed by atoms with van der Waals surface area (Å²) in [7, 11) is 0. The van der Waals surface area contributed by atoms with Crippen LogP contribution in [-0.2, 0) is 20.9 Å². The van der Waals surface area contributed by atoms with Crippen molar-refractivity contribution in [2.24, 2.45) is 0 Å². The van der Waals surface area contributed by atoms with Crippen LogP contribution in [0.2, 0.25) is 0 Å². The van der Waals surface area contributed by atoms with Crippen LogP contribution in [0.25, 0.3) is 10.9 Å². The number of aromatic hydroxyl groups is 1. The molecule has 0 atom stereocenters. The summed E-state index contributed by atoms with van der Waals surface area (Å²) in [6, 6.07) is 7.13. The van der Waals surface area contributed by atoms with Crippen LogP contribution in [0, 0.1) is 0 Å². The van der Waals surface area contributed by atoms with E-state index in [1.807, 2.05) is 12.1 Å². The molecule has 3 rings (SSSR count). The highest BCUT2D eigenvalue weighted by molar-refractivity contribution is 5.87. The molecule has 12 nitrogen and oxygen atoms in total. The predicted molar refractivity (Wildman–Crippen MR) is 131 cm³/mol. The van der Waals surface area contributed by atoms with Gasteiger partial charge in [-0.15, -0.1) is 0 Å². The van der Waals surface area contributed by atoms with Crippen molar-refractivity contribution in [1.82, 2.24) is 24.6 Å². The Labute approximate surface area is 209 Å². The number of carbonyl (C=O) groups is 3. The maximum atomic E-state index is 11.4. The quantitative estimate of drug-likeness (QED) is 0.380. The van der Waals surface area contributed by atoms with Crippen LogP contribution >= 0.6 is 0 Å². The number of phenols is 1. The van der Waals surface area contributed by atoms with Crippen LogP contribution in [0.5, 0.6) is 5.75 Å². The van der Waals surface area contributed by atoms with Crippen molar-refractivity contribution < 1.29 is 34.8 Å². The first-order valence-corrected chi connectivity index (χ1v) is 11.8. The molecule has 1 fully saturated rings. The van der Waals surface area contributed by atoms with Gasteiger partial charge in [-0.2, -0.15) is 0 Å². The zero-order valence-corrected chi connectivity index (χ0v) is 20.1. The molecule has 1 aliphatic heterocycles. The Morgan fingerprint density at radius 2 is 1.14 bits per heavy atom. The molecule has 0 saturated carbocycles. The van der Waals surface area contributed by atoms with Crippen molar-refractivity contribution in [2.45, 2.75) is 6.54 Å². The fourth-order valence-electron chi connectivity index (χ4n) is 4.38. The Morgan fingerprint density at radius 3 is 1.58 bits per heavy atom. The third-order valence-electron chi connectivity index (χ3n) is 6.24. The summed E-state index contributed by atoms with van der Waals surface area (Å²) in [4.78, 5) is 45.9. The predicted octanol–water partition coefficient (Wildman–Crippen LogP) is -0.0842. The van der Waals surface area contributed by atoms with E-state index in [0.717, 1.165) is 10.9 Å². The van der Waals surface area contributed by atoms with E-state index in [-0.39, 0.29) is 25.4 Å². The van der Waals surface area contributed by atoms with Gasteiger partial charge < -0.3 is 20.4 Å². The van der Waals surface area contributed by atoms with Gasteiger partial charge in [0, 0.05) is 70.5 Å². The fraction of sp³-hybridized carbons (Fsp3) is 0.500. The van der Waals surface area contributed by atoms with Gasteiger partial charge >= 0.3 is 17.9 Å². The zero-order valence-electron chi connectivity index (χ0n) is 20.1. The molecule has 196 valence electrons. The fourth-order valence-corrected chi connectivity index (χ4v) is 4.38. The summed E-state index contributed by atoms with van der Waals surface area (Å²) in [5.74, 6) is -2.81. The number of aromatic nitrogens is 1. The van der Waals surface area contributed by atoms with Crippen LogP contribution in [0.3, 0.4) is 0 Å². The number of carboxylic acids is 3. The minimum atomic E-state index is -0.988. The minimum Gasteiger partial charge on any atom is -0.506 e. The summed E-state index contributed by atoms with van der Waals surface area (Å²) in [6.07, 6.45) is 1.61. The highest BCUT2D eigenvalue weighted by Gasteiger charge is 2.20. The summed E-state index contributed by atoms with van der Waals surface area (Å²) in [6.45, 7) is 3.38. The molecule has 1 saturated heterocycles. The van der Waals surface area contributed by atoms with Gasteiger partial charge in [0.2, 0.25) is 0 Å². The Kier molecular flexibility index (Phi) is 9.94. The third-order valence-corrected chi connectivity index (χ3v) is 6.24. The molecule has 1 aromatic carbocycles. The molecule has 4 N–H and O–H groups in total. The van der Waals surface area contributed by atoms with Crippen molar-refractivity contribution in [3.8, 4) is 5.75 Å². The monoisotopic (exact) mass is 503 g/mol. The van der Waals surface area contributed by atoms with E-state index in [1.165, 1.54) is 0 Å². The van der Waals surface area contributed by atoms with Crippen LogP contribution in [0.15, 0.2) is 30.5 Å². The van der Waals surface area contributed by atoms with E-state index in [1.54, 1.807) is 33.0 Å². The zero-order chi connectivity index (χ0) is 26.1. The molecule has 0 spiro atoms. The first-order valence-electron chi connectivity index (χ1n) is 11.8. The molecule has 0 unspecified atom stereocenters. The molecule has 0 radical (unpaired) electrons. The van der Waals surface area contributed by atoms with E-state index in [2.05, 4.69) is 9.88 Å². The van der Waals surface area contributed by atoms with Gasteiger partial charge in [0.15, 0.2) is 0 Å². The van der Waals surface area contributed by atoms with E-state index in [0.29, 0.717) is 64.4 Å². The number of phenolic OH excluding ortho intramolecular Hbond substituents is 1. The van der Waals surface area contributed by atoms with Gasteiger partial charge in [-0.25, -0.2) is 0 Å². The second-order valence-corrected chi connectivity index (χ2v) is 8.93. The largest absolute Gasteiger partial charge is 0.506 e. The number of pyridine rings is 1. The van der Waals surface area contributed by atoms with Crippen molar-refractivity contribution in [1.29, 1.82) is 0 Å². The molecule has 1 aromatic heterocycles. The molecule has 2 aromatic rings. The SMILES string of the molecule is O=C(O)CN1CCN(CC(=O)O)CCN(Cc2ccc(O)c3ncccc23)CCN(CC(=O)O)CC1. The minimum absolute atomic E-state index is 0.0919. The molecular formula is C24H33N5O7. The first-order chi connectivity index (χ1) is 17.2. The summed E-state index contributed by atoms with van der Waals surface area (Å²) >= 11 is 0. The van der Waals surface area contributed by atoms with Crippen LogP contribution < -0.4 is 0 Å². The molecule has 0 aliphatic carbocycles. The number of hydrogen-bond acceptors (Lipinski definition) is 9. The van der Waals surface area contributed by atoms with Gasteiger partial charge in [-0.3, -0.25) is 39.0 Å². The normalized spacial score (nSPS) is 17.9. The molecule has 1 aliphatic rings. The first kappa shape index (κ1) is 27.3. The van der Waals surface area contributed by atoms with E-state index in [4.69, 9.17) is 0 Å². The lowest BCUT2D eigenvalue weighted by Crippen LogP contribution is -2.48. The third kappa shape index (κ3) is 8.41. The lowest BCUT2D eigenvalue weighted by Gasteiger charge is -2.33. The lowest BCUT2D eigenvalue weighted by molar-refractivity contribution is -0.140. The number of benzene rings is 1. The average Bonchev–Trinajstić information content (AvgIpc) is 2.81. The Balaban J connectivity index is 1.82. The number of aliphatic carboxylic acids is 3. The topological polar surface area (TPSA) is 158 Å². The van der Waals surface area contributed by atoms with Crippen molar-refractivity contribution >= 4 is 28.8 Å². The molecule has 0 amide bonds. The van der Waals surface area contributed by atoms with Gasteiger partial charge in [0.25, 0.3) is 0 Å². The number of fused-ring (bicyclic) bond motifs is 1. The maximum Gasteiger partial charge on any atom is 0.317 e. The second-order valence-electron chi connectivity index (χ2n) is 8.93. The number of rotatable bonds is 8. The number of nitrogens with zero attached hydrogens (tertiary/aromatic N) is 5. The smallest absolute Gasteiger partial charge is 0.317 e. The molecule has 36 heavy (non-hydrogen) atoms. The Bertz CT molecular complexity index is 1030. The highest BCUT2D eigenvalue weighted by Crippen LogP contribution is 2.26.